The molecule has 0 aliphatic carbocycles. The second kappa shape index (κ2) is 7.24. The monoisotopic (exact) mass is 323 g/mol. The predicted octanol–water partition coefficient (Wildman–Crippen LogP) is 3.69. The van der Waals surface area contributed by atoms with Crippen LogP contribution in [0.15, 0.2) is 65.7 Å². The Balaban J connectivity index is 1.64. The Morgan fingerprint density at radius 1 is 1.00 bits per heavy atom. The molecule has 1 aliphatic rings. The molecule has 0 saturated heterocycles. The van der Waals surface area contributed by atoms with Crippen molar-refractivity contribution in [2.75, 3.05) is 0 Å². The Bertz CT molecular complexity index is 728. The summed E-state index contributed by atoms with van der Waals surface area (Å²) in [6.07, 6.45) is 0.271. The summed E-state index contributed by atoms with van der Waals surface area (Å²) in [6.45, 7) is 0.401. The molecule has 1 amide bonds. The number of amides is 1. The molecule has 3 rings (SSSR count). The van der Waals surface area contributed by atoms with Crippen LogP contribution >= 0.6 is 11.8 Å². The number of thioether (sulfide) groups is 1. The summed E-state index contributed by atoms with van der Waals surface area (Å²) in [7, 11) is 0. The standard InChI is InChI=1S/C18H17N3OS/c19-18-20-16(23-13-15-9-5-2-6-10-15)11-17(22)21(18)12-14-7-3-1-4-8-14/h1-10,19H,11-13H2. The summed E-state index contributed by atoms with van der Waals surface area (Å²) in [5, 5.41) is 8.76. The fourth-order valence-corrected chi connectivity index (χ4v) is 3.22. The average Bonchev–Trinajstić information content (AvgIpc) is 2.58. The Labute approximate surface area is 139 Å². The first-order valence-electron chi connectivity index (χ1n) is 7.39. The van der Waals surface area contributed by atoms with Gasteiger partial charge in [0, 0.05) is 5.75 Å². The van der Waals surface area contributed by atoms with Crippen molar-refractivity contribution < 1.29 is 4.79 Å². The summed E-state index contributed by atoms with van der Waals surface area (Å²) in [4.78, 5) is 18.0. The van der Waals surface area contributed by atoms with E-state index >= 15 is 0 Å². The highest BCUT2D eigenvalue weighted by Crippen LogP contribution is 2.21. The third kappa shape index (κ3) is 4.07. The molecule has 0 aromatic heterocycles. The molecule has 0 unspecified atom stereocenters. The van der Waals surface area contributed by atoms with E-state index < -0.39 is 0 Å². The van der Waals surface area contributed by atoms with Gasteiger partial charge in [-0.3, -0.25) is 15.1 Å². The zero-order valence-electron chi connectivity index (χ0n) is 12.6. The van der Waals surface area contributed by atoms with Crippen molar-refractivity contribution in [1.29, 1.82) is 5.41 Å². The zero-order chi connectivity index (χ0) is 16.1. The number of nitrogens with one attached hydrogen (secondary N) is 1. The fourth-order valence-electron chi connectivity index (χ4n) is 2.31. The van der Waals surface area contributed by atoms with E-state index in [4.69, 9.17) is 5.41 Å². The highest BCUT2D eigenvalue weighted by atomic mass is 32.2. The summed E-state index contributed by atoms with van der Waals surface area (Å²) in [5.74, 6) is 0.726. The molecule has 2 aromatic carbocycles. The van der Waals surface area contributed by atoms with Crippen molar-refractivity contribution in [1.82, 2.24) is 4.90 Å². The van der Waals surface area contributed by atoms with Crippen LogP contribution < -0.4 is 0 Å². The SMILES string of the molecule is N=C1N=C(SCc2ccccc2)CC(=O)N1Cc1ccccc1. The van der Waals surface area contributed by atoms with Crippen LogP contribution in [0.4, 0.5) is 0 Å². The molecule has 5 heteroatoms. The molecule has 0 bridgehead atoms. The zero-order valence-corrected chi connectivity index (χ0v) is 13.4. The van der Waals surface area contributed by atoms with E-state index in [2.05, 4.69) is 4.99 Å². The van der Waals surface area contributed by atoms with E-state index in [0.29, 0.717) is 11.6 Å². The lowest BCUT2D eigenvalue weighted by Gasteiger charge is -2.25. The summed E-state index contributed by atoms with van der Waals surface area (Å²) < 4.78 is 0. The topological polar surface area (TPSA) is 56.5 Å². The summed E-state index contributed by atoms with van der Waals surface area (Å²) in [5.41, 5.74) is 2.19. The van der Waals surface area contributed by atoms with Crippen LogP contribution in [0.3, 0.4) is 0 Å². The maximum Gasteiger partial charge on any atom is 0.236 e. The molecule has 1 N–H and O–H groups in total. The van der Waals surface area contributed by atoms with Crippen LogP contribution in [0.2, 0.25) is 0 Å². The number of hydrogen-bond donors (Lipinski definition) is 1. The van der Waals surface area contributed by atoms with Crippen LogP contribution in [0.5, 0.6) is 0 Å². The summed E-state index contributed by atoms with van der Waals surface area (Å²) >= 11 is 1.53. The van der Waals surface area contributed by atoms with E-state index in [1.54, 1.807) is 0 Å². The molecule has 1 aliphatic heterocycles. The normalized spacial score (nSPS) is 14.8. The number of carbonyl (C=O) groups excluding carboxylic acids is 1. The minimum absolute atomic E-state index is 0.0284. The predicted molar refractivity (Wildman–Crippen MR) is 94.5 cm³/mol. The smallest absolute Gasteiger partial charge is 0.236 e. The molecule has 0 saturated carbocycles. The first-order valence-corrected chi connectivity index (χ1v) is 8.38. The van der Waals surface area contributed by atoms with Crippen LogP contribution in [0, 0.1) is 5.41 Å². The van der Waals surface area contributed by atoms with E-state index in [-0.39, 0.29) is 18.3 Å². The van der Waals surface area contributed by atoms with Gasteiger partial charge in [0.1, 0.15) is 0 Å². The summed E-state index contributed by atoms with van der Waals surface area (Å²) in [6, 6.07) is 19.7. The molecule has 0 fully saturated rings. The number of guanidine groups is 1. The first kappa shape index (κ1) is 15.5. The lowest BCUT2D eigenvalue weighted by molar-refractivity contribution is -0.126. The number of hydrogen-bond acceptors (Lipinski definition) is 3. The number of rotatable bonds is 4. The van der Waals surface area contributed by atoms with Gasteiger partial charge in [-0.15, -0.1) is 11.8 Å². The molecular weight excluding hydrogens is 306 g/mol. The molecule has 2 aromatic rings. The van der Waals surface area contributed by atoms with Gasteiger partial charge in [0.2, 0.25) is 11.9 Å². The molecule has 4 nitrogen and oxygen atoms in total. The van der Waals surface area contributed by atoms with Crippen molar-refractivity contribution in [3.63, 3.8) is 0 Å². The molecule has 0 spiro atoms. The van der Waals surface area contributed by atoms with Crippen molar-refractivity contribution in [2.24, 2.45) is 4.99 Å². The van der Waals surface area contributed by atoms with Gasteiger partial charge in [0.25, 0.3) is 0 Å². The number of aliphatic imine (C=N–C) groups is 1. The van der Waals surface area contributed by atoms with E-state index in [1.165, 1.54) is 22.2 Å². The van der Waals surface area contributed by atoms with Crippen LogP contribution in [0.25, 0.3) is 0 Å². The van der Waals surface area contributed by atoms with Crippen molar-refractivity contribution in [3.8, 4) is 0 Å². The molecule has 1 heterocycles. The van der Waals surface area contributed by atoms with Gasteiger partial charge >= 0.3 is 0 Å². The van der Waals surface area contributed by atoms with E-state index in [9.17, 15) is 4.79 Å². The third-order valence-electron chi connectivity index (χ3n) is 3.52. The van der Waals surface area contributed by atoms with Gasteiger partial charge < -0.3 is 0 Å². The molecule has 23 heavy (non-hydrogen) atoms. The van der Waals surface area contributed by atoms with E-state index in [1.807, 2.05) is 60.7 Å². The minimum atomic E-state index is -0.0654. The fraction of sp³-hybridized carbons (Fsp3) is 0.167. The van der Waals surface area contributed by atoms with Gasteiger partial charge in [-0.05, 0) is 11.1 Å². The van der Waals surface area contributed by atoms with Crippen LogP contribution in [-0.4, -0.2) is 21.8 Å². The quantitative estimate of drug-likeness (QED) is 0.933. The van der Waals surface area contributed by atoms with Crippen molar-refractivity contribution >= 4 is 28.7 Å². The van der Waals surface area contributed by atoms with Gasteiger partial charge in [0.15, 0.2) is 0 Å². The van der Waals surface area contributed by atoms with Gasteiger partial charge in [-0.25, -0.2) is 4.99 Å². The van der Waals surface area contributed by atoms with Crippen LogP contribution in [0.1, 0.15) is 17.5 Å². The lowest BCUT2D eigenvalue weighted by atomic mass is 10.2. The highest BCUT2D eigenvalue weighted by molar-refractivity contribution is 8.13. The van der Waals surface area contributed by atoms with Crippen molar-refractivity contribution in [2.45, 2.75) is 18.7 Å². The molecule has 0 atom stereocenters. The molecule has 0 radical (unpaired) electrons. The molecular formula is C18H17N3OS. The maximum atomic E-state index is 12.3. The van der Waals surface area contributed by atoms with E-state index in [0.717, 1.165) is 11.3 Å². The second-order valence-corrected chi connectivity index (χ2v) is 6.29. The number of benzene rings is 2. The highest BCUT2D eigenvalue weighted by Gasteiger charge is 2.25. The lowest BCUT2D eigenvalue weighted by Crippen LogP contribution is -2.39. The largest absolute Gasteiger partial charge is 0.276 e. The Hall–Kier alpha value is -2.40. The second-order valence-electron chi connectivity index (χ2n) is 5.25. The van der Waals surface area contributed by atoms with Crippen molar-refractivity contribution in [3.05, 3.63) is 71.8 Å². The number of nitrogens with zero attached hydrogens (tertiary/aromatic N) is 2. The Morgan fingerprint density at radius 3 is 2.22 bits per heavy atom. The minimum Gasteiger partial charge on any atom is -0.276 e. The van der Waals surface area contributed by atoms with Gasteiger partial charge in [-0.1, -0.05) is 60.7 Å². The Morgan fingerprint density at radius 2 is 1.61 bits per heavy atom. The average molecular weight is 323 g/mol. The van der Waals surface area contributed by atoms with Crippen LogP contribution in [-0.2, 0) is 17.1 Å². The van der Waals surface area contributed by atoms with Gasteiger partial charge in [-0.2, -0.15) is 0 Å². The first-order chi connectivity index (χ1) is 11.2. The maximum absolute atomic E-state index is 12.3. The molecule has 116 valence electrons. The van der Waals surface area contributed by atoms with Gasteiger partial charge in [0.05, 0.1) is 18.0 Å². The Kier molecular flexibility index (Phi) is 4.88. The third-order valence-corrected chi connectivity index (χ3v) is 4.57. The number of carbonyl (C=O) groups is 1.